The molecule has 7 heteroatoms. The maximum Gasteiger partial charge on any atom is 0.290 e. The van der Waals surface area contributed by atoms with Crippen molar-refractivity contribution in [3.05, 3.63) is 129 Å². The standard InChI is InChI=1S/C35H31NO6/c1-21-17-22(2)30-29(18-21)42-34-31(33(30)37)32(24-9-8-12-26(20-24)41-25-10-6-5-7-11-25)36(35(34)38)16-15-23-13-14-27(39-3)28(19-23)40-4/h5-14,17-20,32H,15-16H2,1-4H3. The Morgan fingerprint density at radius 1 is 0.810 bits per heavy atom. The lowest BCUT2D eigenvalue weighted by Gasteiger charge is -2.25. The number of carbonyl (C=O) groups is 1. The molecule has 0 N–H and O–H groups in total. The molecule has 2 heterocycles. The van der Waals surface area contributed by atoms with Crippen molar-refractivity contribution in [3.63, 3.8) is 0 Å². The summed E-state index contributed by atoms with van der Waals surface area (Å²) in [7, 11) is 3.18. The predicted octanol–water partition coefficient (Wildman–Crippen LogP) is 7.01. The molecule has 7 nitrogen and oxygen atoms in total. The topological polar surface area (TPSA) is 78.2 Å². The highest BCUT2D eigenvalue weighted by Gasteiger charge is 2.42. The first-order valence-electron chi connectivity index (χ1n) is 13.8. The minimum absolute atomic E-state index is 0.0872. The lowest BCUT2D eigenvalue weighted by atomic mass is 9.96. The van der Waals surface area contributed by atoms with Crippen LogP contribution in [0, 0.1) is 13.8 Å². The van der Waals surface area contributed by atoms with Crippen LogP contribution in [0.4, 0.5) is 0 Å². The smallest absolute Gasteiger partial charge is 0.290 e. The molecule has 0 saturated heterocycles. The summed E-state index contributed by atoms with van der Waals surface area (Å²) in [5.74, 6) is 2.32. The van der Waals surface area contributed by atoms with Crippen molar-refractivity contribution in [2.75, 3.05) is 20.8 Å². The molecule has 1 aromatic heterocycles. The highest BCUT2D eigenvalue weighted by molar-refractivity contribution is 5.99. The molecule has 0 radical (unpaired) electrons. The van der Waals surface area contributed by atoms with Gasteiger partial charge in [0, 0.05) is 6.54 Å². The van der Waals surface area contributed by atoms with Gasteiger partial charge in [0.15, 0.2) is 16.9 Å². The fourth-order valence-corrected chi connectivity index (χ4v) is 5.75. The number of aryl methyl sites for hydroxylation is 2. The molecule has 1 aliphatic rings. The second kappa shape index (κ2) is 11.1. The SMILES string of the molecule is COc1ccc(CCN2C(=O)c3oc4cc(C)cc(C)c4c(=O)c3C2c2cccc(Oc3ccccc3)c2)cc1OC. The van der Waals surface area contributed by atoms with Crippen LogP contribution < -0.4 is 19.6 Å². The zero-order valence-electron chi connectivity index (χ0n) is 24.0. The minimum atomic E-state index is -0.645. The molecule has 4 aromatic carbocycles. The molecular formula is C35H31NO6. The highest BCUT2D eigenvalue weighted by Crippen LogP contribution is 2.40. The molecule has 0 bridgehead atoms. The normalized spacial score (nSPS) is 14.2. The van der Waals surface area contributed by atoms with Crippen molar-refractivity contribution >= 4 is 16.9 Å². The Kier molecular flexibility index (Phi) is 7.17. The van der Waals surface area contributed by atoms with Crippen LogP contribution in [0.3, 0.4) is 0 Å². The molecule has 1 unspecified atom stereocenters. The second-order valence-corrected chi connectivity index (χ2v) is 10.5. The van der Waals surface area contributed by atoms with Crippen LogP contribution in [0.2, 0.25) is 0 Å². The van der Waals surface area contributed by atoms with E-state index in [1.54, 1.807) is 19.1 Å². The number of rotatable bonds is 8. The monoisotopic (exact) mass is 561 g/mol. The van der Waals surface area contributed by atoms with E-state index < -0.39 is 6.04 Å². The van der Waals surface area contributed by atoms with E-state index in [4.69, 9.17) is 18.6 Å². The maximum atomic E-state index is 14.1. The summed E-state index contributed by atoms with van der Waals surface area (Å²) < 4.78 is 23.2. The summed E-state index contributed by atoms with van der Waals surface area (Å²) in [6.45, 7) is 4.19. The van der Waals surface area contributed by atoms with Crippen molar-refractivity contribution in [2.45, 2.75) is 26.3 Å². The molecule has 0 spiro atoms. The van der Waals surface area contributed by atoms with Crippen molar-refractivity contribution in [1.82, 2.24) is 4.90 Å². The van der Waals surface area contributed by atoms with E-state index in [-0.39, 0.29) is 17.1 Å². The van der Waals surface area contributed by atoms with E-state index in [1.807, 2.05) is 98.8 Å². The third-order valence-electron chi connectivity index (χ3n) is 7.65. The summed E-state index contributed by atoms with van der Waals surface area (Å²) in [4.78, 5) is 29.8. The molecule has 1 amide bonds. The fraction of sp³-hybridized carbons (Fsp3) is 0.200. The van der Waals surface area contributed by atoms with Gasteiger partial charge in [-0.05, 0) is 85.0 Å². The van der Waals surface area contributed by atoms with Gasteiger partial charge in [0.25, 0.3) is 5.91 Å². The van der Waals surface area contributed by atoms with E-state index in [1.165, 1.54) is 0 Å². The van der Waals surface area contributed by atoms with Gasteiger partial charge in [-0.15, -0.1) is 0 Å². The third kappa shape index (κ3) is 4.87. The third-order valence-corrected chi connectivity index (χ3v) is 7.65. The van der Waals surface area contributed by atoms with Crippen molar-refractivity contribution < 1.29 is 23.4 Å². The molecule has 42 heavy (non-hydrogen) atoms. The van der Waals surface area contributed by atoms with Gasteiger partial charge in [-0.2, -0.15) is 0 Å². The number of fused-ring (bicyclic) bond motifs is 2. The van der Waals surface area contributed by atoms with Gasteiger partial charge >= 0.3 is 0 Å². The van der Waals surface area contributed by atoms with Gasteiger partial charge in [-0.25, -0.2) is 0 Å². The largest absolute Gasteiger partial charge is 0.493 e. The quantitative estimate of drug-likeness (QED) is 0.203. The summed E-state index contributed by atoms with van der Waals surface area (Å²) in [6, 6.07) is 25.8. The van der Waals surface area contributed by atoms with E-state index in [9.17, 15) is 9.59 Å². The Hall–Kier alpha value is -5.04. The first kappa shape index (κ1) is 27.1. The van der Waals surface area contributed by atoms with Crippen LogP contribution in [0.25, 0.3) is 11.0 Å². The molecule has 0 saturated carbocycles. The number of benzene rings is 4. The Morgan fingerprint density at radius 2 is 1.57 bits per heavy atom. The summed E-state index contributed by atoms with van der Waals surface area (Å²) in [5.41, 5.74) is 4.09. The number of ether oxygens (including phenoxy) is 3. The molecule has 1 aliphatic heterocycles. The first-order valence-corrected chi connectivity index (χ1v) is 13.8. The molecule has 6 rings (SSSR count). The van der Waals surface area contributed by atoms with Crippen LogP contribution in [-0.4, -0.2) is 31.6 Å². The Morgan fingerprint density at radius 3 is 2.33 bits per heavy atom. The van der Waals surface area contributed by atoms with Gasteiger partial charge in [-0.3, -0.25) is 9.59 Å². The number of amides is 1. The summed E-state index contributed by atoms with van der Waals surface area (Å²) in [5, 5.41) is 0.496. The molecule has 1 atom stereocenters. The van der Waals surface area contributed by atoms with Gasteiger partial charge in [-0.1, -0.05) is 42.5 Å². The van der Waals surface area contributed by atoms with Crippen LogP contribution >= 0.6 is 0 Å². The Bertz CT molecular complexity index is 1860. The number of hydrogen-bond donors (Lipinski definition) is 0. The van der Waals surface area contributed by atoms with Gasteiger partial charge in [0.2, 0.25) is 5.76 Å². The molecule has 0 aliphatic carbocycles. The lowest BCUT2D eigenvalue weighted by Crippen LogP contribution is -2.31. The van der Waals surface area contributed by atoms with Crippen LogP contribution in [0.15, 0.2) is 94.1 Å². The highest BCUT2D eigenvalue weighted by atomic mass is 16.5. The summed E-state index contributed by atoms with van der Waals surface area (Å²) in [6.07, 6.45) is 0.530. The number of para-hydroxylation sites is 1. The zero-order valence-corrected chi connectivity index (χ0v) is 24.0. The van der Waals surface area contributed by atoms with Crippen molar-refractivity contribution in [2.24, 2.45) is 0 Å². The number of carbonyl (C=O) groups excluding carboxylic acids is 1. The number of hydrogen-bond acceptors (Lipinski definition) is 6. The van der Waals surface area contributed by atoms with Gasteiger partial charge in [0.1, 0.15) is 17.1 Å². The van der Waals surface area contributed by atoms with Crippen LogP contribution in [-0.2, 0) is 6.42 Å². The average molecular weight is 562 g/mol. The molecule has 212 valence electrons. The minimum Gasteiger partial charge on any atom is -0.493 e. The fourth-order valence-electron chi connectivity index (χ4n) is 5.75. The molecular weight excluding hydrogens is 530 g/mol. The Labute approximate surface area is 243 Å². The van der Waals surface area contributed by atoms with Crippen LogP contribution in [0.1, 0.15) is 44.4 Å². The number of nitrogens with zero attached hydrogens (tertiary/aromatic N) is 1. The molecule has 5 aromatic rings. The maximum absolute atomic E-state index is 14.1. The first-order chi connectivity index (χ1) is 20.4. The summed E-state index contributed by atoms with van der Waals surface area (Å²) >= 11 is 0. The second-order valence-electron chi connectivity index (χ2n) is 10.5. The zero-order chi connectivity index (χ0) is 29.4. The van der Waals surface area contributed by atoms with Crippen LogP contribution in [0.5, 0.6) is 23.0 Å². The Balaban J connectivity index is 1.44. The molecule has 0 fully saturated rings. The lowest BCUT2D eigenvalue weighted by molar-refractivity contribution is 0.0730. The predicted molar refractivity (Wildman–Crippen MR) is 161 cm³/mol. The van der Waals surface area contributed by atoms with Crippen molar-refractivity contribution in [3.8, 4) is 23.0 Å². The van der Waals surface area contributed by atoms with Gasteiger partial charge < -0.3 is 23.5 Å². The van der Waals surface area contributed by atoms with E-state index in [0.29, 0.717) is 52.5 Å². The van der Waals surface area contributed by atoms with E-state index in [0.717, 1.165) is 22.3 Å². The average Bonchev–Trinajstić information content (AvgIpc) is 3.27. The number of methoxy groups -OCH3 is 2. The van der Waals surface area contributed by atoms with E-state index >= 15 is 0 Å². The van der Waals surface area contributed by atoms with Crippen molar-refractivity contribution in [1.29, 1.82) is 0 Å². The van der Waals surface area contributed by atoms with Gasteiger partial charge in [0.05, 0.1) is 31.2 Å². The van der Waals surface area contributed by atoms with E-state index in [2.05, 4.69) is 0 Å².